The van der Waals surface area contributed by atoms with Gasteiger partial charge in [0.25, 0.3) is 0 Å². The zero-order valence-electron chi connectivity index (χ0n) is 13.5. The number of aromatic hydroxyl groups is 1. The molecular weight excluding hydrogens is 248 g/mol. The van der Waals surface area contributed by atoms with Crippen molar-refractivity contribution >= 4 is 0 Å². The maximum atomic E-state index is 10.1. The molecule has 0 aromatic heterocycles. The molecule has 1 aliphatic carbocycles. The summed E-state index contributed by atoms with van der Waals surface area (Å²) in [6.45, 7) is 5.30. The third-order valence-corrected chi connectivity index (χ3v) is 5.07. The molecule has 2 rings (SSSR count). The Morgan fingerprint density at radius 2 is 1.90 bits per heavy atom. The summed E-state index contributed by atoms with van der Waals surface area (Å²) in [6, 6.07) is 6.09. The van der Waals surface area contributed by atoms with Gasteiger partial charge in [-0.05, 0) is 60.3 Å². The average molecular weight is 276 g/mol. The summed E-state index contributed by atoms with van der Waals surface area (Å²) in [5.74, 6) is 0.405. The van der Waals surface area contributed by atoms with Crippen LogP contribution in [0.4, 0.5) is 0 Å². The van der Waals surface area contributed by atoms with Crippen LogP contribution in [0.5, 0.6) is 5.75 Å². The molecule has 0 amide bonds. The Morgan fingerprint density at radius 3 is 2.40 bits per heavy atom. The Balaban J connectivity index is 2.12. The second-order valence-electron chi connectivity index (χ2n) is 6.63. The van der Waals surface area contributed by atoms with Gasteiger partial charge in [-0.25, -0.2) is 0 Å². The van der Waals surface area contributed by atoms with E-state index in [1.165, 1.54) is 24.8 Å². The second-order valence-corrected chi connectivity index (χ2v) is 6.63. The molecule has 0 radical (unpaired) electrons. The summed E-state index contributed by atoms with van der Waals surface area (Å²) in [5.41, 5.74) is 2.55. The fraction of sp³-hybridized carbons (Fsp3) is 0.647. The van der Waals surface area contributed by atoms with Crippen molar-refractivity contribution in [1.29, 1.82) is 0 Å². The molecule has 1 aromatic carbocycles. The van der Waals surface area contributed by atoms with Gasteiger partial charge in [0.15, 0.2) is 0 Å². The topological polar surface area (TPSA) is 26.7 Å². The van der Waals surface area contributed by atoms with Crippen molar-refractivity contribution in [2.45, 2.75) is 44.7 Å². The fourth-order valence-corrected chi connectivity index (χ4v) is 3.18. The van der Waals surface area contributed by atoms with Crippen molar-refractivity contribution < 1.29 is 5.11 Å². The molecule has 0 heterocycles. The molecule has 1 aromatic rings. The number of rotatable bonds is 5. The maximum Gasteiger partial charge on any atom is 0.120 e. The minimum atomic E-state index is 0.229. The number of nitrogens with zero attached hydrogens (tertiary/aromatic N) is 2. The second kappa shape index (κ2) is 5.74. The molecule has 20 heavy (non-hydrogen) atoms. The van der Waals surface area contributed by atoms with E-state index in [2.05, 4.69) is 50.9 Å². The molecule has 112 valence electrons. The van der Waals surface area contributed by atoms with Gasteiger partial charge in [-0.2, -0.15) is 0 Å². The molecule has 0 aliphatic heterocycles. The summed E-state index contributed by atoms with van der Waals surface area (Å²) in [7, 11) is 6.53. The van der Waals surface area contributed by atoms with Gasteiger partial charge in [0.1, 0.15) is 5.75 Å². The van der Waals surface area contributed by atoms with Crippen molar-refractivity contribution in [2.75, 3.05) is 27.7 Å². The monoisotopic (exact) mass is 276 g/mol. The lowest BCUT2D eigenvalue weighted by Crippen LogP contribution is -2.56. The van der Waals surface area contributed by atoms with Crippen LogP contribution in [-0.4, -0.2) is 48.1 Å². The fourth-order valence-electron chi connectivity index (χ4n) is 3.18. The molecule has 0 saturated heterocycles. The van der Waals surface area contributed by atoms with E-state index >= 15 is 0 Å². The lowest BCUT2D eigenvalue weighted by molar-refractivity contribution is 0.0177. The predicted octanol–water partition coefficient (Wildman–Crippen LogP) is 3.18. The van der Waals surface area contributed by atoms with Crippen molar-refractivity contribution in [3.8, 4) is 5.75 Å². The lowest BCUT2D eigenvalue weighted by atomic mass is 9.75. The number of phenols is 1. The van der Waals surface area contributed by atoms with Crippen molar-refractivity contribution in [2.24, 2.45) is 0 Å². The molecule has 3 heteroatoms. The van der Waals surface area contributed by atoms with Crippen LogP contribution in [0.15, 0.2) is 18.2 Å². The summed E-state index contributed by atoms with van der Waals surface area (Å²) in [4.78, 5) is 4.74. The Morgan fingerprint density at radius 1 is 1.25 bits per heavy atom. The van der Waals surface area contributed by atoms with Gasteiger partial charge < -0.3 is 10.0 Å². The third-order valence-electron chi connectivity index (χ3n) is 5.07. The standard InChI is InChI=1S/C17H28N2O/c1-13-7-8-16(20)15(11-13)14(2)19(5)12-17(18(3)4)9-6-10-17/h7-8,11,14,20H,6,9-10,12H2,1-5H3. The van der Waals surface area contributed by atoms with Gasteiger partial charge in [0.05, 0.1) is 0 Å². The quantitative estimate of drug-likeness (QED) is 0.895. The zero-order chi connectivity index (χ0) is 14.9. The Hall–Kier alpha value is -1.06. The number of aryl methyl sites for hydroxylation is 1. The van der Waals surface area contributed by atoms with Crippen LogP contribution in [0.1, 0.15) is 43.4 Å². The molecule has 1 atom stereocenters. The maximum absolute atomic E-state index is 10.1. The normalized spacial score (nSPS) is 19.1. The minimum absolute atomic E-state index is 0.229. The molecule has 0 spiro atoms. The van der Waals surface area contributed by atoms with Gasteiger partial charge in [-0.15, -0.1) is 0 Å². The highest BCUT2D eigenvalue weighted by Gasteiger charge is 2.40. The van der Waals surface area contributed by atoms with E-state index in [0.29, 0.717) is 11.3 Å². The first-order chi connectivity index (χ1) is 9.35. The average Bonchev–Trinajstić information content (AvgIpc) is 2.35. The van der Waals surface area contributed by atoms with Crippen LogP contribution < -0.4 is 0 Å². The van der Waals surface area contributed by atoms with Crippen LogP contribution in [-0.2, 0) is 0 Å². The highest BCUT2D eigenvalue weighted by atomic mass is 16.3. The first-order valence-electron chi connectivity index (χ1n) is 7.53. The zero-order valence-corrected chi connectivity index (χ0v) is 13.5. The van der Waals surface area contributed by atoms with Crippen LogP contribution in [0, 0.1) is 6.92 Å². The summed E-state index contributed by atoms with van der Waals surface area (Å²) in [6.07, 6.45) is 3.88. The highest BCUT2D eigenvalue weighted by molar-refractivity contribution is 5.37. The Kier molecular flexibility index (Phi) is 4.40. The molecule has 0 bridgehead atoms. The first-order valence-corrected chi connectivity index (χ1v) is 7.53. The van der Waals surface area contributed by atoms with E-state index in [0.717, 1.165) is 12.1 Å². The molecule has 1 aliphatic rings. The number of likely N-dealkylation sites (N-methyl/N-ethyl adjacent to an activating group) is 2. The number of phenolic OH excluding ortho intramolecular Hbond substituents is 1. The van der Waals surface area contributed by atoms with Gasteiger partial charge in [-0.3, -0.25) is 4.90 Å². The molecule has 1 N–H and O–H groups in total. The van der Waals surface area contributed by atoms with E-state index in [-0.39, 0.29) is 6.04 Å². The molecule has 1 fully saturated rings. The van der Waals surface area contributed by atoms with E-state index in [1.807, 2.05) is 6.07 Å². The number of hydrogen-bond acceptors (Lipinski definition) is 3. The third kappa shape index (κ3) is 2.84. The highest BCUT2D eigenvalue weighted by Crippen LogP contribution is 2.38. The van der Waals surface area contributed by atoms with Crippen LogP contribution in [0.25, 0.3) is 0 Å². The summed E-state index contributed by atoms with van der Waals surface area (Å²) < 4.78 is 0. The van der Waals surface area contributed by atoms with E-state index in [1.54, 1.807) is 6.07 Å². The summed E-state index contributed by atoms with van der Waals surface area (Å²) >= 11 is 0. The van der Waals surface area contributed by atoms with Crippen LogP contribution >= 0.6 is 0 Å². The molecule has 3 nitrogen and oxygen atoms in total. The van der Waals surface area contributed by atoms with Crippen LogP contribution in [0.2, 0.25) is 0 Å². The smallest absolute Gasteiger partial charge is 0.120 e. The van der Waals surface area contributed by atoms with Crippen LogP contribution in [0.3, 0.4) is 0 Å². The van der Waals surface area contributed by atoms with Crippen molar-refractivity contribution in [3.05, 3.63) is 29.3 Å². The van der Waals surface area contributed by atoms with Gasteiger partial charge in [-0.1, -0.05) is 17.7 Å². The van der Waals surface area contributed by atoms with Crippen molar-refractivity contribution in [3.63, 3.8) is 0 Å². The number of hydrogen-bond donors (Lipinski definition) is 1. The van der Waals surface area contributed by atoms with Gasteiger partial charge in [0.2, 0.25) is 0 Å². The Labute approximate surface area is 123 Å². The SMILES string of the molecule is Cc1ccc(O)c(C(C)N(C)CC2(N(C)C)CCC2)c1. The van der Waals surface area contributed by atoms with E-state index < -0.39 is 0 Å². The Bertz CT molecular complexity index is 466. The lowest BCUT2D eigenvalue weighted by Gasteiger charge is -2.50. The molecular formula is C17H28N2O. The number of benzene rings is 1. The van der Waals surface area contributed by atoms with Gasteiger partial charge >= 0.3 is 0 Å². The minimum Gasteiger partial charge on any atom is -0.508 e. The van der Waals surface area contributed by atoms with E-state index in [4.69, 9.17) is 0 Å². The van der Waals surface area contributed by atoms with Gasteiger partial charge in [0, 0.05) is 23.7 Å². The summed E-state index contributed by atoms with van der Waals surface area (Å²) in [5, 5.41) is 10.1. The molecule has 1 saturated carbocycles. The van der Waals surface area contributed by atoms with E-state index in [9.17, 15) is 5.11 Å². The predicted molar refractivity (Wildman–Crippen MR) is 84.2 cm³/mol. The first kappa shape index (κ1) is 15.3. The van der Waals surface area contributed by atoms with Crippen molar-refractivity contribution in [1.82, 2.24) is 9.80 Å². The molecule has 1 unspecified atom stereocenters. The largest absolute Gasteiger partial charge is 0.508 e.